The summed E-state index contributed by atoms with van der Waals surface area (Å²) < 4.78 is 20.2. The lowest BCUT2D eigenvalue weighted by atomic mass is 10.1. The molecule has 0 aromatic heterocycles. The summed E-state index contributed by atoms with van der Waals surface area (Å²) in [4.78, 5) is 38.6. The minimum absolute atomic E-state index is 0.184. The Morgan fingerprint density at radius 1 is 1.06 bits per heavy atom. The highest BCUT2D eigenvalue weighted by Gasteiger charge is 2.36. The molecule has 1 saturated heterocycles. The molecule has 172 valence electrons. The van der Waals surface area contributed by atoms with E-state index in [1.165, 1.54) is 18.2 Å². The molecule has 1 aliphatic rings. The van der Waals surface area contributed by atoms with E-state index in [0.29, 0.717) is 17.9 Å². The van der Waals surface area contributed by atoms with Crippen LogP contribution in [0.25, 0.3) is 6.08 Å². The zero-order chi connectivity index (χ0) is 24.1. The molecule has 0 unspecified atom stereocenters. The molecule has 0 saturated carbocycles. The highest BCUT2D eigenvalue weighted by Crippen LogP contribution is 2.34. The van der Waals surface area contributed by atoms with Gasteiger partial charge in [-0.15, -0.1) is 0 Å². The lowest BCUT2D eigenvalue weighted by Gasteiger charge is -2.12. The molecule has 1 N–H and O–H groups in total. The SMILES string of the molecule is O=C(CN1C(=O)S/C(=C/c2ccccc2OCc2ccc(Br)cc2)C1=O)Nc1cccc(F)c1. The van der Waals surface area contributed by atoms with Gasteiger partial charge >= 0.3 is 0 Å². The molecule has 0 spiro atoms. The van der Waals surface area contributed by atoms with Gasteiger partial charge in [0.05, 0.1) is 4.91 Å². The molecule has 0 bridgehead atoms. The number of rotatable bonds is 7. The van der Waals surface area contributed by atoms with Crippen LogP contribution in [0.15, 0.2) is 82.2 Å². The average Bonchev–Trinajstić information content (AvgIpc) is 3.07. The molecule has 3 amide bonds. The van der Waals surface area contributed by atoms with Crippen LogP contribution in [0.3, 0.4) is 0 Å². The third-order valence-electron chi connectivity index (χ3n) is 4.80. The van der Waals surface area contributed by atoms with Gasteiger partial charge in [0.15, 0.2) is 0 Å². The summed E-state index contributed by atoms with van der Waals surface area (Å²) in [6, 6.07) is 20.3. The van der Waals surface area contributed by atoms with Gasteiger partial charge in [0, 0.05) is 15.7 Å². The number of anilines is 1. The number of nitrogens with zero attached hydrogens (tertiary/aromatic N) is 1. The van der Waals surface area contributed by atoms with E-state index in [9.17, 15) is 18.8 Å². The first kappa shape index (κ1) is 23.7. The van der Waals surface area contributed by atoms with E-state index in [4.69, 9.17) is 4.74 Å². The first-order valence-corrected chi connectivity index (χ1v) is 11.8. The van der Waals surface area contributed by atoms with Crippen LogP contribution in [0, 0.1) is 5.82 Å². The quantitative estimate of drug-likeness (QED) is 0.381. The maximum absolute atomic E-state index is 13.3. The van der Waals surface area contributed by atoms with Gasteiger partial charge in [-0.2, -0.15) is 0 Å². The minimum Gasteiger partial charge on any atom is -0.488 e. The topological polar surface area (TPSA) is 75.7 Å². The molecule has 4 rings (SSSR count). The van der Waals surface area contributed by atoms with Crippen LogP contribution in [0.1, 0.15) is 11.1 Å². The highest BCUT2D eigenvalue weighted by molar-refractivity contribution is 9.10. The second-order valence-electron chi connectivity index (χ2n) is 7.28. The van der Waals surface area contributed by atoms with E-state index in [2.05, 4.69) is 21.2 Å². The fraction of sp³-hybridized carbons (Fsp3) is 0.0800. The van der Waals surface area contributed by atoms with Gasteiger partial charge in [-0.3, -0.25) is 19.3 Å². The number of amides is 3. The number of nitrogens with one attached hydrogen (secondary N) is 1. The van der Waals surface area contributed by atoms with Crippen molar-refractivity contribution in [3.8, 4) is 5.75 Å². The maximum Gasteiger partial charge on any atom is 0.294 e. The molecule has 1 heterocycles. The van der Waals surface area contributed by atoms with E-state index in [0.717, 1.165) is 32.8 Å². The van der Waals surface area contributed by atoms with Gasteiger partial charge in [-0.1, -0.05) is 52.3 Å². The van der Waals surface area contributed by atoms with Crippen molar-refractivity contribution in [1.29, 1.82) is 0 Å². The van der Waals surface area contributed by atoms with Crippen molar-refractivity contribution in [3.63, 3.8) is 0 Å². The number of carbonyl (C=O) groups is 3. The third kappa shape index (κ3) is 5.92. The van der Waals surface area contributed by atoms with E-state index in [-0.39, 0.29) is 10.6 Å². The molecule has 0 aliphatic carbocycles. The van der Waals surface area contributed by atoms with Gasteiger partial charge < -0.3 is 10.1 Å². The molecular weight excluding hydrogens is 523 g/mol. The normalized spacial score (nSPS) is 14.5. The van der Waals surface area contributed by atoms with Gasteiger partial charge in [0.25, 0.3) is 11.1 Å². The van der Waals surface area contributed by atoms with E-state index < -0.39 is 29.4 Å². The number of imide groups is 1. The second kappa shape index (κ2) is 10.7. The van der Waals surface area contributed by atoms with Gasteiger partial charge in [0.2, 0.25) is 5.91 Å². The fourth-order valence-corrected chi connectivity index (χ4v) is 4.25. The Labute approximate surface area is 207 Å². The van der Waals surface area contributed by atoms with Crippen LogP contribution in [0.5, 0.6) is 5.75 Å². The van der Waals surface area contributed by atoms with Crippen LogP contribution in [-0.2, 0) is 16.2 Å². The van der Waals surface area contributed by atoms with Crippen molar-refractivity contribution >= 4 is 56.5 Å². The summed E-state index contributed by atoms with van der Waals surface area (Å²) in [6.07, 6.45) is 1.58. The molecular formula is C25H18BrFN2O4S. The molecule has 1 aliphatic heterocycles. The predicted octanol–water partition coefficient (Wildman–Crippen LogP) is 5.84. The number of halogens is 2. The molecule has 0 atom stereocenters. The van der Waals surface area contributed by atoms with E-state index in [1.54, 1.807) is 24.3 Å². The maximum atomic E-state index is 13.3. The molecule has 6 nitrogen and oxygen atoms in total. The average molecular weight is 541 g/mol. The second-order valence-corrected chi connectivity index (χ2v) is 9.19. The first-order chi connectivity index (χ1) is 16.4. The Bertz CT molecular complexity index is 1280. The highest BCUT2D eigenvalue weighted by atomic mass is 79.9. The van der Waals surface area contributed by atoms with Crippen LogP contribution in [0.4, 0.5) is 14.9 Å². The Morgan fingerprint density at radius 2 is 1.82 bits per heavy atom. The molecule has 3 aromatic carbocycles. The minimum atomic E-state index is -0.604. The predicted molar refractivity (Wildman–Crippen MR) is 133 cm³/mol. The van der Waals surface area contributed by atoms with Gasteiger partial charge in [-0.25, -0.2) is 4.39 Å². The van der Waals surface area contributed by atoms with Crippen LogP contribution in [-0.4, -0.2) is 28.5 Å². The number of benzene rings is 3. The van der Waals surface area contributed by atoms with Gasteiger partial charge in [-0.05, 0) is 59.8 Å². The summed E-state index contributed by atoms with van der Waals surface area (Å²) in [6.45, 7) is -0.139. The van der Waals surface area contributed by atoms with E-state index in [1.807, 2.05) is 30.3 Å². The summed E-state index contributed by atoms with van der Waals surface area (Å²) >= 11 is 4.15. The smallest absolute Gasteiger partial charge is 0.294 e. The van der Waals surface area contributed by atoms with Crippen molar-refractivity contribution in [2.75, 3.05) is 11.9 Å². The zero-order valence-electron chi connectivity index (χ0n) is 17.7. The van der Waals surface area contributed by atoms with Crippen LogP contribution < -0.4 is 10.1 Å². The van der Waals surface area contributed by atoms with Crippen molar-refractivity contribution in [2.45, 2.75) is 6.61 Å². The number of hydrogen-bond donors (Lipinski definition) is 1. The van der Waals surface area contributed by atoms with Crippen molar-refractivity contribution < 1.29 is 23.5 Å². The zero-order valence-corrected chi connectivity index (χ0v) is 20.1. The number of para-hydroxylation sites is 1. The van der Waals surface area contributed by atoms with Crippen LogP contribution in [0.2, 0.25) is 0 Å². The molecule has 1 fully saturated rings. The summed E-state index contributed by atoms with van der Waals surface area (Å²) in [5.74, 6) is -1.13. The summed E-state index contributed by atoms with van der Waals surface area (Å²) in [7, 11) is 0. The Hall–Kier alpha value is -3.43. The summed E-state index contributed by atoms with van der Waals surface area (Å²) in [5.41, 5.74) is 1.85. The largest absolute Gasteiger partial charge is 0.488 e. The Balaban J connectivity index is 1.44. The number of ether oxygens (including phenoxy) is 1. The van der Waals surface area contributed by atoms with Gasteiger partial charge in [0.1, 0.15) is 24.7 Å². The molecule has 9 heteroatoms. The number of thioether (sulfide) groups is 1. The van der Waals surface area contributed by atoms with Crippen molar-refractivity contribution in [1.82, 2.24) is 4.90 Å². The van der Waals surface area contributed by atoms with Crippen molar-refractivity contribution in [3.05, 3.63) is 99.1 Å². The Morgan fingerprint density at radius 3 is 2.59 bits per heavy atom. The monoisotopic (exact) mass is 540 g/mol. The lowest BCUT2D eigenvalue weighted by Crippen LogP contribution is -2.36. The standard InChI is InChI=1S/C25H18BrFN2O4S/c26-18-10-8-16(9-11-18)15-33-21-7-2-1-4-17(21)12-22-24(31)29(25(32)34-22)14-23(30)28-20-6-3-5-19(27)13-20/h1-13H,14-15H2,(H,28,30)/b22-12+. The summed E-state index contributed by atoms with van der Waals surface area (Å²) in [5, 5.41) is 1.93. The fourth-order valence-electron chi connectivity index (χ4n) is 3.16. The molecule has 34 heavy (non-hydrogen) atoms. The lowest BCUT2D eigenvalue weighted by molar-refractivity contribution is -0.127. The van der Waals surface area contributed by atoms with Crippen LogP contribution >= 0.6 is 27.7 Å². The molecule has 3 aromatic rings. The number of hydrogen-bond acceptors (Lipinski definition) is 5. The van der Waals surface area contributed by atoms with E-state index >= 15 is 0 Å². The number of carbonyl (C=O) groups excluding carboxylic acids is 3. The molecule has 0 radical (unpaired) electrons. The first-order valence-electron chi connectivity index (χ1n) is 10.2. The Kier molecular flexibility index (Phi) is 7.44. The third-order valence-corrected chi connectivity index (χ3v) is 6.23. The van der Waals surface area contributed by atoms with Crippen molar-refractivity contribution in [2.24, 2.45) is 0 Å².